The normalized spacial score (nSPS) is 30.5. The van der Waals surface area contributed by atoms with E-state index in [1.807, 2.05) is 0 Å². The topological polar surface area (TPSA) is 66.6 Å². The van der Waals surface area contributed by atoms with Gasteiger partial charge in [0.1, 0.15) is 9.84 Å². The largest absolute Gasteiger partial charge is 0.330 e. The van der Waals surface area contributed by atoms with Crippen molar-refractivity contribution in [1.29, 1.82) is 0 Å². The van der Waals surface area contributed by atoms with E-state index >= 15 is 0 Å². The van der Waals surface area contributed by atoms with Crippen molar-refractivity contribution >= 4 is 9.84 Å². The summed E-state index contributed by atoms with van der Waals surface area (Å²) in [6.45, 7) is 6.21. The van der Waals surface area contributed by atoms with Gasteiger partial charge in [-0.1, -0.05) is 6.42 Å². The second-order valence-corrected chi connectivity index (χ2v) is 8.62. The molecule has 1 aliphatic carbocycles. The van der Waals surface area contributed by atoms with Crippen LogP contribution >= 0.6 is 0 Å². The summed E-state index contributed by atoms with van der Waals surface area (Å²) in [7, 11) is -2.87. The van der Waals surface area contributed by atoms with Gasteiger partial charge in [0.05, 0.1) is 5.25 Å². The number of piperazine rings is 1. The van der Waals surface area contributed by atoms with E-state index < -0.39 is 9.84 Å². The zero-order valence-corrected chi connectivity index (χ0v) is 13.4. The van der Waals surface area contributed by atoms with E-state index in [0.29, 0.717) is 6.04 Å². The molecule has 0 amide bonds. The third-order valence-electron chi connectivity index (χ3n) is 4.81. The molecule has 5 nitrogen and oxygen atoms in total. The van der Waals surface area contributed by atoms with Crippen LogP contribution in [-0.4, -0.2) is 75.0 Å². The Morgan fingerprint density at radius 1 is 1.15 bits per heavy atom. The summed E-state index contributed by atoms with van der Waals surface area (Å²) < 4.78 is 23.5. The molecule has 0 aromatic carbocycles. The summed E-state index contributed by atoms with van der Waals surface area (Å²) in [6, 6.07) is 0.472. The van der Waals surface area contributed by atoms with Gasteiger partial charge in [-0.2, -0.15) is 0 Å². The van der Waals surface area contributed by atoms with Crippen molar-refractivity contribution in [3.8, 4) is 0 Å². The zero-order valence-electron chi connectivity index (χ0n) is 12.6. The molecule has 2 N–H and O–H groups in total. The summed E-state index contributed by atoms with van der Waals surface area (Å²) in [6.07, 6.45) is 6.36. The molecule has 6 heteroatoms. The molecule has 2 aliphatic rings. The third kappa shape index (κ3) is 4.41. The van der Waals surface area contributed by atoms with Gasteiger partial charge in [-0.3, -0.25) is 4.90 Å². The standard InChI is InChI=1S/C14H29N3O2S/c1-20(18,19)14-5-2-4-13(12-14)17-10-8-16(9-11-17)7-3-6-15/h13-14H,2-12,15H2,1H3. The molecule has 1 aliphatic heterocycles. The first-order chi connectivity index (χ1) is 9.50. The van der Waals surface area contributed by atoms with E-state index in [1.54, 1.807) is 0 Å². The molecule has 0 radical (unpaired) electrons. The van der Waals surface area contributed by atoms with E-state index in [1.165, 1.54) is 6.26 Å². The maximum Gasteiger partial charge on any atom is 0.150 e. The lowest BCUT2D eigenvalue weighted by Crippen LogP contribution is -2.52. The lowest BCUT2D eigenvalue weighted by atomic mass is 9.93. The molecular formula is C14H29N3O2S. The summed E-state index contributed by atoms with van der Waals surface area (Å²) in [5, 5.41) is -0.114. The molecule has 20 heavy (non-hydrogen) atoms. The summed E-state index contributed by atoms with van der Waals surface area (Å²) in [5.41, 5.74) is 5.55. The first-order valence-corrected chi connectivity index (χ1v) is 9.81. The SMILES string of the molecule is CS(=O)(=O)C1CCCC(N2CCN(CCCN)CC2)C1. The molecule has 0 bridgehead atoms. The third-order valence-corrected chi connectivity index (χ3v) is 6.44. The van der Waals surface area contributed by atoms with Crippen LogP contribution in [0.1, 0.15) is 32.1 Å². The second kappa shape index (κ2) is 7.20. The predicted molar refractivity (Wildman–Crippen MR) is 82.6 cm³/mol. The monoisotopic (exact) mass is 303 g/mol. The number of hydrogen-bond donors (Lipinski definition) is 1. The Labute approximate surface area is 123 Å². The number of nitrogens with zero attached hydrogens (tertiary/aromatic N) is 2. The van der Waals surface area contributed by atoms with Crippen molar-refractivity contribution in [3.05, 3.63) is 0 Å². The van der Waals surface area contributed by atoms with Crippen LogP contribution in [0.2, 0.25) is 0 Å². The Balaban J connectivity index is 1.81. The van der Waals surface area contributed by atoms with Gasteiger partial charge >= 0.3 is 0 Å². The van der Waals surface area contributed by atoms with Crippen LogP contribution in [0.3, 0.4) is 0 Å². The van der Waals surface area contributed by atoms with Gasteiger partial charge in [0.2, 0.25) is 0 Å². The van der Waals surface area contributed by atoms with Crippen LogP contribution < -0.4 is 5.73 Å². The summed E-state index contributed by atoms with van der Waals surface area (Å²) in [5.74, 6) is 0. The van der Waals surface area contributed by atoms with Crippen molar-refractivity contribution in [3.63, 3.8) is 0 Å². The van der Waals surface area contributed by atoms with Crippen LogP contribution in [0.4, 0.5) is 0 Å². The van der Waals surface area contributed by atoms with Crippen LogP contribution in [0, 0.1) is 0 Å². The molecule has 0 spiro atoms. The Bertz CT molecular complexity index is 391. The lowest BCUT2D eigenvalue weighted by Gasteiger charge is -2.42. The molecular weight excluding hydrogens is 274 g/mol. The van der Waals surface area contributed by atoms with Crippen LogP contribution in [0.5, 0.6) is 0 Å². The van der Waals surface area contributed by atoms with Crippen molar-refractivity contribution in [2.45, 2.75) is 43.4 Å². The van der Waals surface area contributed by atoms with Crippen LogP contribution in [-0.2, 0) is 9.84 Å². The fourth-order valence-corrected chi connectivity index (χ4v) is 4.67. The average molecular weight is 303 g/mol. The maximum atomic E-state index is 11.7. The molecule has 1 saturated carbocycles. The Morgan fingerprint density at radius 2 is 1.85 bits per heavy atom. The molecule has 2 rings (SSSR count). The van der Waals surface area contributed by atoms with Gasteiger partial charge in [-0.15, -0.1) is 0 Å². The van der Waals surface area contributed by atoms with Gasteiger partial charge in [0, 0.05) is 38.5 Å². The minimum absolute atomic E-state index is 0.114. The van der Waals surface area contributed by atoms with Gasteiger partial charge in [0.15, 0.2) is 0 Å². The fourth-order valence-electron chi connectivity index (χ4n) is 3.51. The highest BCUT2D eigenvalue weighted by Gasteiger charge is 2.32. The zero-order chi connectivity index (χ0) is 14.6. The Morgan fingerprint density at radius 3 is 2.45 bits per heavy atom. The maximum absolute atomic E-state index is 11.7. The van der Waals surface area contributed by atoms with Gasteiger partial charge in [0.25, 0.3) is 0 Å². The van der Waals surface area contributed by atoms with Gasteiger partial charge < -0.3 is 10.6 Å². The molecule has 2 atom stereocenters. The van der Waals surface area contributed by atoms with E-state index in [0.717, 1.165) is 71.4 Å². The highest BCUT2D eigenvalue weighted by Crippen LogP contribution is 2.27. The molecule has 0 aromatic rings. The van der Waals surface area contributed by atoms with Crippen molar-refractivity contribution in [1.82, 2.24) is 9.80 Å². The van der Waals surface area contributed by atoms with Crippen molar-refractivity contribution < 1.29 is 8.42 Å². The fraction of sp³-hybridized carbons (Fsp3) is 1.00. The molecule has 0 aromatic heterocycles. The van der Waals surface area contributed by atoms with Crippen LogP contribution in [0.15, 0.2) is 0 Å². The van der Waals surface area contributed by atoms with Crippen molar-refractivity contribution in [2.75, 3.05) is 45.5 Å². The number of rotatable bonds is 5. The smallest absolute Gasteiger partial charge is 0.150 e. The quantitative estimate of drug-likeness (QED) is 0.792. The second-order valence-electron chi connectivity index (χ2n) is 6.29. The van der Waals surface area contributed by atoms with Gasteiger partial charge in [-0.25, -0.2) is 8.42 Å². The highest BCUT2D eigenvalue weighted by atomic mass is 32.2. The minimum Gasteiger partial charge on any atom is -0.330 e. The molecule has 1 heterocycles. The van der Waals surface area contributed by atoms with E-state index in [2.05, 4.69) is 9.80 Å². The van der Waals surface area contributed by atoms with E-state index in [9.17, 15) is 8.42 Å². The molecule has 2 unspecified atom stereocenters. The number of nitrogens with two attached hydrogens (primary N) is 1. The molecule has 1 saturated heterocycles. The first kappa shape index (κ1) is 16.2. The lowest BCUT2D eigenvalue weighted by molar-refractivity contribution is 0.0794. The summed E-state index contributed by atoms with van der Waals surface area (Å²) in [4.78, 5) is 4.98. The highest BCUT2D eigenvalue weighted by molar-refractivity contribution is 7.91. The Kier molecular flexibility index (Phi) is 5.84. The van der Waals surface area contributed by atoms with Crippen LogP contribution in [0.25, 0.3) is 0 Å². The predicted octanol–water partition coefficient (Wildman–Crippen LogP) is 0.309. The van der Waals surface area contributed by atoms with E-state index in [4.69, 9.17) is 5.73 Å². The summed E-state index contributed by atoms with van der Waals surface area (Å²) >= 11 is 0. The average Bonchev–Trinajstić information content (AvgIpc) is 2.45. The first-order valence-electron chi connectivity index (χ1n) is 7.86. The van der Waals surface area contributed by atoms with E-state index in [-0.39, 0.29) is 5.25 Å². The molecule has 118 valence electrons. The number of hydrogen-bond acceptors (Lipinski definition) is 5. The number of sulfone groups is 1. The minimum atomic E-state index is -2.87. The molecule has 2 fully saturated rings. The van der Waals surface area contributed by atoms with Gasteiger partial charge in [-0.05, 0) is 38.8 Å². The Hall–Kier alpha value is -0.170. The van der Waals surface area contributed by atoms with Crippen molar-refractivity contribution in [2.24, 2.45) is 5.73 Å².